The number of amides is 2. The number of rotatable bonds is 6. The van der Waals surface area contributed by atoms with Crippen LogP contribution in [0.2, 0.25) is 0 Å². The van der Waals surface area contributed by atoms with Crippen LogP contribution in [-0.4, -0.2) is 26.6 Å². The lowest BCUT2D eigenvalue weighted by Gasteiger charge is -2.12. The molecule has 8 nitrogen and oxygen atoms in total. The molecular formula is C28H21FN6O2. The number of para-hydroxylation sites is 1. The molecule has 0 aliphatic heterocycles. The van der Waals surface area contributed by atoms with Crippen LogP contribution in [0, 0.1) is 5.82 Å². The van der Waals surface area contributed by atoms with Crippen LogP contribution in [0.1, 0.15) is 20.7 Å². The van der Waals surface area contributed by atoms with E-state index in [-0.39, 0.29) is 16.9 Å². The van der Waals surface area contributed by atoms with Crippen LogP contribution >= 0.6 is 0 Å². The standard InChI is InChI=1S/C28H21FN6O2/c29-20-11-7-12-21(17-20)31-26-23(15-8-16-30-26)27(36)32-33-28(37)24-18-35(22-13-5-2-6-14-22)34-25(24)19-9-3-1-4-10-19/h1-18H,(H,30,31)(H,32,36)(H,33,37). The maximum atomic E-state index is 13.6. The molecule has 0 atom stereocenters. The number of hydrogen-bond donors (Lipinski definition) is 3. The molecule has 0 unspecified atom stereocenters. The SMILES string of the molecule is O=C(NNC(=O)c1cn(-c2ccccc2)nc1-c1ccccc1)c1cccnc1Nc1cccc(F)c1. The van der Waals surface area contributed by atoms with Crippen LogP contribution in [0.4, 0.5) is 15.9 Å². The molecule has 2 aromatic heterocycles. The summed E-state index contributed by atoms with van der Waals surface area (Å²) >= 11 is 0. The highest BCUT2D eigenvalue weighted by Crippen LogP contribution is 2.24. The van der Waals surface area contributed by atoms with Gasteiger partial charge in [0.2, 0.25) is 0 Å². The van der Waals surface area contributed by atoms with Gasteiger partial charge in [0.1, 0.15) is 17.3 Å². The molecule has 2 heterocycles. The van der Waals surface area contributed by atoms with E-state index in [2.05, 4.69) is 26.3 Å². The number of aromatic nitrogens is 3. The topological polar surface area (TPSA) is 101 Å². The second-order valence-electron chi connectivity index (χ2n) is 7.98. The summed E-state index contributed by atoms with van der Waals surface area (Å²) < 4.78 is 15.2. The lowest BCUT2D eigenvalue weighted by molar-refractivity contribution is 0.0847. The quantitative estimate of drug-likeness (QED) is 0.293. The van der Waals surface area contributed by atoms with E-state index in [4.69, 9.17) is 0 Å². The van der Waals surface area contributed by atoms with Crippen molar-refractivity contribution in [2.45, 2.75) is 0 Å². The maximum Gasteiger partial charge on any atom is 0.273 e. The summed E-state index contributed by atoms with van der Waals surface area (Å²) in [5, 5.41) is 7.55. The Morgan fingerprint density at radius 1 is 0.757 bits per heavy atom. The number of benzene rings is 3. The second-order valence-corrected chi connectivity index (χ2v) is 7.98. The Morgan fingerprint density at radius 2 is 1.46 bits per heavy atom. The van der Waals surface area contributed by atoms with Crippen molar-refractivity contribution in [1.82, 2.24) is 25.6 Å². The van der Waals surface area contributed by atoms with Crippen molar-refractivity contribution in [2.24, 2.45) is 0 Å². The molecule has 37 heavy (non-hydrogen) atoms. The van der Waals surface area contributed by atoms with E-state index in [0.717, 1.165) is 11.3 Å². The number of carbonyl (C=O) groups excluding carboxylic acids is 2. The van der Waals surface area contributed by atoms with Crippen LogP contribution in [0.5, 0.6) is 0 Å². The number of pyridine rings is 1. The van der Waals surface area contributed by atoms with Crippen molar-refractivity contribution in [3.63, 3.8) is 0 Å². The van der Waals surface area contributed by atoms with Crippen LogP contribution in [-0.2, 0) is 0 Å². The van der Waals surface area contributed by atoms with Gasteiger partial charge in [-0.2, -0.15) is 5.10 Å². The minimum atomic E-state index is -0.600. The van der Waals surface area contributed by atoms with Crippen molar-refractivity contribution in [2.75, 3.05) is 5.32 Å². The highest BCUT2D eigenvalue weighted by atomic mass is 19.1. The number of nitrogens with one attached hydrogen (secondary N) is 3. The average Bonchev–Trinajstić information content (AvgIpc) is 3.39. The summed E-state index contributed by atoms with van der Waals surface area (Å²) in [6.07, 6.45) is 3.11. The van der Waals surface area contributed by atoms with E-state index in [0.29, 0.717) is 11.4 Å². The summed E-state index contributed by atoms with van der Waals surface area (Å²) in [5.41, 5.74) is 7.77. The zero-order valence-electron chi connectivity index (χ0n) is 19.4. The van der Waals surface area contributed by atoms with Gasteiger partial charge in [0.25, 0.3) is 11.8 Å². The fourth-order valence-corrected chi connectivity index (χ4v) is 3.70. The number of hydrogen-bond acceptors (Lipinski definition) is 5. The van der Waals surface area contributed by atoms with E-state index in [9.17, 15) is 14.0 Å². The normalized spacial score (nSPS) is 10.5. The van der Waals surface area contributed by atoms with Gasteiger partial charge in [0.05, 0.1) is 16.8 Å². The third-order valence-electron chi connectivity index (χ3n) is 5.46. The number of hydrazine groups is 1. The van der Waals surface area contributed by atoms with Crippen molar-refractivity contribution in [3.8, 4) is 16.9 Å². The summed E-state index contributed by atoms with van der Waals surface area (Å²) in [7, 11) is 0. The first kappa shape index (κ1) is 23.4. The fourth-order valence-electron chi connectivity index (χ4n) is 3.70. The molecule has 0 aliphatic carbocycles. The molecule has 182 valence electrons. The smallest absolute Gasteiger partial charge is 0.273 e. The predicted molar refractivity (Wildman–Crippen MR) is 138 cm³/mol. The Labute approximate surface area is 211 Å². The van der Waals surface area contributed by atoms with Gasteiger partial charge in [0, 0.05) is 23.6 Å². The van der Waals surface area contributed by atoms with Crippen LogP contribution < -0.4 is 16.2 Å². The summed E-state index contributed by atoms with van der Waals surface area (Å²) in [5.74, 6) is -1.36. The zero-order chi connectivity index (χ0) is 25.6. The van der Waals surface area contributed by atoms with Gasteiger partial charge in [-0.05, 0) is 42.5 Å². The average molecular weight is 493 g/mol. The summed E-state index contributed by atoms with van der Waals surface area (Å²) in [4.78, 5) is 30.3. The van der Waals surface area contributed by atoms with Crippen molar-refractivity contribution in [3.05, 3.63) is 126 Å². The van der Waals surface area contributed by atoms with E-state index in [1.54, 1.807) is 35.1 Å². The van der Waals surface area contributed by atoms with Gasteiger partial charge < -0.3 is 5.32 Å². The van der Waals surface area contributed by atoms with Crippen molar-refractivity contribution < 1.29 is 14.0 Å². The highest BCUT2D eigenvalue weighted by Gasteiger charge is 2.20. The number of anilines is 2. The van der Waals surface area contributed by atoms with Gasteiger partial charge in [-0.1, -0.05) is 54.6 Å². The molecule has 0 bridgehead atoms. The van der Waals surface area contributed by atoms with Gasteiger partial charge in [0.15, 0.2) is 0 Å². The van der Waals surface area contributed by atoms with Crippen molar-refractivity contribution in [1.29, 1.82) is 0 Å². The third kappa shape index (κ3) is 5.35. The van der Waals surface area contributed by atoms with Crippen LogP contribution in [0.25, 0.3) is 16.9 Å². The monoisotopic (exact) mass is 492 g/mol. The molecule has 2 amide bonds. The molecule has 0 fully saturated rings. The molecular weight excluding hydrogens is 471 g/mol. The van der Waals surface area contributed by atoms with E-state index < -0.39 is 17.6 Å². The molecule has 0 saturated heterocycles. The number of halogens is 1. The third-order valence-corrected chi connectivity index (χ3v) is 5.46. The van der Waals surface area contributed by atoms with Gasteiger partial charge in [-0.25, -0.2) is 14.1 Å². The molecule has 0 saturated carbocycles. The summed E-state index contributed by atoms with van der Waals surface area (Å²) in [6.45, 7) is 0. The molecule has 3 N–H and O–H groups in total. The second kappa shape index (κ2) is 10.5. The lowest BCUT2D eigenvalue weighted by Crippen LogP contribution is -2.42. The van der Waals surface area contributed by atoms with Crippen LogP contribution in [0.3, 0.4) is 0 Å². The van der Waals surface area contributed by atoms with Crippen molar-refractivity contribution >= 4 is 23.3 Å². The highest BCUT2D eigenvalue weighted by molar-refractivity contribution is 6.04. The molecule has 0 aliphatic rings. The zero-order valence-corrected chi connectivity index (χ0v) is 19.4. The minimum Gasteiger partial charge on any atom is -0.339 e. The first-order chi connectivity index (χ1) is 18.1. The van der Waals surface area contributed by atoms with Crippen LogP contribution in [0.15, 0.2) is 109 Å². The number of carbonyl (C=O) groups is 2. The molecule has 9 heteroatoms. The Hall–Kier alpha value is -5.31. The first-order valence-electron chi connectivity index (χ1n) is 11.4. The lowest BCUT2D eigenvalue weighted by atomic mass is 10.1. The van der Waals surface area contributed by atoms with E-state index in [1.807, 2.05) is 60.7 Å². The van der Waals surface area contributed by atoms with E-state index in [1.165, 1.54) is 18.3 Å². The van der Waals surface area contributed by atoms with E-state index >= 15 is 0 Å². The summed E-state index contributed by atoms with van der Waals surface area (Å²) in [6, 6.07) is 27.6. The van der Waals surface area contributed by atoms with Gasteiger partial charge in [-0.15, -0.1) is 0 Å². The largest absolute Gasteiger partial charge is 0.339 e. The number of nitrogens with zero attached hydrogens (tertiary/aromatic N) is 3. The predicted octanol–water partition coefficient (Wildman–Crippen LogP) is 4.89. The molecule has 3 aromatic carbocycles. The first-order valence-corrected chi connectivity index (χ1v) is 11.4. The Bertz CT molecular complexity index is 1550. The minimum absolute atomic E-state index is 0.162. The molecule has 0 radical (unpaired) electrons. The molecule has 5 aromatic rings. The molecule has 5 rings (SSSR count). The fraction of sp³-hybridized carbons (Fsp3) is 0. The van der Waals surface area contributed by atoms with Gasteiger partial charge in [-0.3, -0.25) is 20.4 Å². The van der Waals surface area contributed by atoms with Gasteiger partial charge >= 0.3 is 0 Å². The Kier molecular flexibility index (Phi) is 6.67. The Morgan fingerprint density at radius 3 is 2.19 bits per heavy atom. The maximum absolute atomic E-state index is 13.6. The molecule has 0 spiro atoms. The Balaban J connectivity index is 1.37.